The number of nitrogens with one attached hydrogen (secondary N) is 1. The molecule has 0 radical (unpaired) electrons. The molecule has 74 valence electrons. The van der Waals surface area contributed by atoms with Crippen LogP contribution in [0.15, 0.2) is 35.3 Å². The maximum Gasteiger partial charge on any atom is 0.152 e. The van der Waals surface area contributed by atoms with Gasteiger partial charge in [0.25, 0.3) is 0 Å². The molecule has 0 fully saturated rings. The molecule has 1 aliphatic rings. The van der Waals surface area contributed by atoms with Crippen LogP contribution in [0.25, 0.3) is 0 Å². The van der Waals surface area contributed by atoms with Crippen molar-refractivity contribution in [3.63, 3.8) is 0 Å². The van der Waals surface area contributed by atoms with Gasteiger partial charge in [0.1, 0.15) is 6.10 Å². The highest BCUT2D eigenvalue weighted by atomic mass is 16.7. The van der Waals surface area contributed by atoms with Gasteiger partial charge in [-0.25, -0.2) is 5.48 Å². The number of hydroxylamine groups is 1. The number of rotatable bonds is 2. The molecule has 4 heteroatoms. The van der Waals surface area contributed by atoms with Crippen molar-refractivity contribution in [2.45, 2.75) is 6.10 Å². The second-order valence-electron chi connectivity index (χ2n) is 3.08. The average Bonchev–Trinajstić information content (AvgIpc) is 2.30. The molecule has 1 heterocycles. The molecule has 0 saturated heterocycles. The number of hydrogen-bond acceptors (Lipinski definition) is 4. The summed E-state index contributed by atoms with van der Waals surface area (Å²) in [6.07, 6.45) is -0.234. The fraction of sp³-hybridized carbons (Fsp3) is 0.300. The number of amidine groups is 1. The first kappa shape index (κ1) is 9.18. The Morgan fingerprint density at radius 1 is 1.43 bits per heavy atom. The number of aliphatic imine (C=N–C) groups is 1. The largest absolute Gasteiger partial charge is 0.393 e. The van der Waals surface area contributed by atoms with E-state index >= 15 is 0 Å². The van der Waals surface area contributed by atoms with Gasteiger partial charge in [-0.3, -0.25) is 9.83 Å². The van der Waals surface area contributed by atoms with Gasteiger partial charge in [0.2, 0.25) is 0 Å². The summed E-state index contributed by atoms with van der Waals surface area (Å²) in [6.45, 7) is 0.478. The molecule has 0 bridgehead atoms. The van der Waals surface area contributed by atoms with E-state index in [9.17, 15) is 0 Å². The SMILES string of the molecule is OCC1CN=C(c2ccccc2)NO1. The minimum absolute atomic E-state index is 0.0153. The minimum atomic E-state index is -0.234. The normalized spacial score (nSPS) is 21.2. The van der Waals surface area contributed by atoms with Crippen LogP contribution in [-0.4, -0.2) is 30.2 Å². The van der Waals surface area contributed by atoms with E-state index in [0.29, 0.717) is 6.54 Å². The van der Waals surface area contributed by atoms with E-state index in [-0.39, 0.29) is 12.7 Å². The summed E-state index contributed by atoms with van der Waals surface area (Å²) in [7, 11) is 0. The lowest BCUT2D eigenvalue weighted by molar-refractivity contribution is -0.0238. The molecular formula is C10H12N2O2. The Labute approximate surface area is 82.2 Å². The van der Waals surface area contributed by atoms with E-state index in [0.717, 1.165) is 11.4 Å². The van der Waals surface area contributed by atoms with Crippen molar-refractivity contribution in [1.29, 1.82) is 0 Å². The summed E-state index contributed by atoms with van der Waals surface area (Å²) in [5.41, 5.74) is 3.72. The molecule has 0 saturated carbocycles. The van der Waals surface area contributed by atoms with E-state index in [4.69, 9.17) is 9.94 Å². The Morgan fingerprint density at radius 2 is 2.21 bits per heavy atom. The third kappa shape index (κ3) is 1.92. The Balaban J connectivity index is 2.11. The zero-order valence-corrected chi connectivity index (χ0v) is 7.68. The minimum Gasteiger partial charge on any atom is -0.393 e. The Kier molecular flexibility index (Phi) is 2.76. The summed E-state index contributed by atoms with van der Waals surface area (Å²) in [5.74, 6) is 0.718. The van der Waals surface area contributed by atoms with Crippen LogP contribution >= 0.6 is 0 Å². The van der Waals surface area contributed by atoms with Crippen molar-refractivity contribution in [3.8, 4) is 0 Å². The first-order valence-corrected chi connectivity index (χ1v) is 4.52. The van der Waals surface area contributed by atoms with Gasteiger partial charge in [-0.2, -0.15) is 0 Å². The summed E-state index contributed by atoms with van der Waals surface area (Å²) < 4.78 is 0. The van der Waals surface area contributed by atoms with E-state index in [2.05, 4.69) is 10.5 Å². The van der Waals surface area contributed by atoms with E-state index in [1.165, 1.54) is 0 Å². The number of benzene rings is 1. The van der Waals surface area contributed by atoms with Crippen molar-refractivity contribution < 1.29 is 9.94 Å². The number of aliphatic hydroxyl groups is 1. The van der Waals surface area contributed by atoms with Gasteiger partial charge in [-0.05, 0) is 0 Å². The smallest absolute Gasteiger partial charge is 0.152 e. The summed E-state index contributed by atoms with van der Waals surface area (Å²) in [4.78, 5) is 9.44. The molecule has 1 unspecified atom stereocenters. The number of hydrogen-bond donors (Lipinski definition) is 2. The van der Waals surface area contributed by atoms with Gasteiger partial charge in [-0.15, -0.1) is 0 Å². The first-order chi connectivity index (χ1) is 6.90. The molecule has 0 aromatic heterocycles. The van der Waals surface area contributed by atoms with Crippen molar-refractivity contribution in [2.24, 2.45) is 4.99 Å². The summed E-state index contributed by atoms with van der Waals surface area (Å²) in [5, 5.41) is 8.81. The van der Waals surface area contributed by atoms with E-state index in [1.807, 2.05) is 30.3 Å². The predicted octanol–water partition coefficient (Wildman–Crippen LogP) is 0.329. The second-order valence-corrected chi connectivity index (χ2v) is 3.08. The zero-order valence-electron chi connectivity index (χ0n) is 7.68. The van der Waals surface area contributed by atoms with E-state index in [1.54, 1.807) is 0 Å². The van der Waals surface area contributed by atoms with Gasteiger partial charge in [-0.1, -0.05) is 30.3 Å². The van der Waals surface area contributed by atoms with Gasteiger partial charge < -0.3 is 5.11 Å². The molecular weight excluding hydrogens is 180 g/mol. The Bertz CT molecular complexity index is 324. The van der Waals surface area contributed by atoms with Crippen LogP contribution in [-0.2, 0) is 4.84 Å². The molecule has 2 N–H and O–H groups in total. The highest BCUT2D eigenvalue weighted by Gasteiger charge is 2.15. The van der Waals surface area contributed by atoms with Gasteiger partial charge in [0.05, 0.1) is 13.2 Å². The molecule has 0 aliphatic carbocycles. The van der Waals surface area contributed by atoms with Gasteiger partial charge in [0.15, 0.2) is 5.84 Å². The van der Waals surface area contributed by atoms with Crippen LogP contribution in [0.1, 0.15) is 5.56 Å². The lowest BCUT2D eigenvalue weighted by Gasteiger charge is -2.21. The topological polar surface area (TPSA) is 53.9 Å². The first-order valence-electron chi connectivity index (χ1n) is 4.52. The van der Waals surface area contributed by atoms with Crippen molar-refractivity contribution in [2.75, 3.05) is 13.2 Å². The molecule has 1 aromatic rings. The fourth-order valence-electron chi connectivity index (χ4n) is 1.24. The molecule has 1 aliphatic heterocycles. The lowest BCUT2D eigenvalue weighted by Crippen LogP contribution is -2.39. The maximum atomic E-state index is 8.81. The number of aliphatic hydroxyl groups excluding tert-OH is 1. The van der Waals surface area contributed by atoms with Crippen LogP contribution in [0.4, 0.5) is 0 Å². The standard InChI is InChI=1S/C10H12N2O2/c13-7-9-6-11-10(12-14-9)8-4-2-1-3-5-8/h1-5,9,13H,6-7H2,(H,11,12). The molecule has 0 spiro atoms. The molecule has 1 atom stereocenters. The molecule has 14 heavy (non-hydrogen) atoms. The fourth-order valence-corrected chi connectivity index (χ4v) is 1.24. The predicted molar refractivity (Wildman–Crippen MR) is 52.9 cm³/mol. The number of nitrogens with zero attached hydrogens (tertiary/aromatic N) is 1. The summed E-state index contributed by atoms with van der Waals surface area (Å²) >= 11 is 0. The zero-order chi connectivity index (χ0) is 9.80. The van der Waals surface area contributed by atoms with Gasteiger partial charge >= 0.3 is 0 Å². The van der Waals surface area contributed by atoms with Crippen molar-refractivity contribution in [1.82, 2.24) is 5.48 Å². The van der Waals surface area contributed by atoms with Crippen LogP contribution in [0.2, 0.25) is 0 Å². The van der Waals surface area contributed by atoms with Crippen LogP contribution in [0.5, 0.6) is 0 Å². The molecule has 1 aromatic carbocycles. The van der Waals surface area contributed by atoms with Crippen LogP contribution in [0.3, 0.4) is 0 Å². The second kappa shape index (κ2) is 4.21. The monoisotopic (exact) mass is 192 g/mol. The maximum absolute atomic E-state index is 8.81. The van der Waals surface area contributed by atoms with E-state index < -0.39 is 0 Å². The highest BCUT2D eigenvalue weighted by molar-refractivity contribution is 5.98. The lowest BCUT2D eigenvalue weighted by atomic mass is 10.2. The molecule has 2 rings (SSSR count). The van der Waals surface area contributed by atoms with Crippen LogP contribution < -0.4 is 5.48 Å². The molecule has 0 amide bonds. The van der Waals surface area contributed by atoms with Crippen LogP contribution in [0, 0.1) is 0 Å². The summed E-state index contributed by atoms with van der Waals surface area (Å²) in [6, 6.07) is 9.74. The highest BCUT2D eigenvalue weighted by Crippen LogP contribution is 2.04. The quantitative estimate of drug-likeness (QED) is 0.710. The van der Waals surface area contributed by atoms with Crippen molar-refractivity contribution >= 4 is 5.84 Å². The third-order valence-corrected chi connectivity index (χ3v) is 2.03. The van der Waals surface area contributed by atoms with Gasteiger partial charge in [0, 0.05) is 5.56 Å². The average molecular weight is 192 g/mol. The Morgan fingerprint density at radius 3 is 2.79 bits per heavy atom. The van der Waals surface area contributed by atoms with Crippen molar-refractivity contribution in [3.05, 3.63) is 35.9 Å². The third-order valence-electron chi connectivity index (χ3n) is 2.03. The Hall–Kier alpha value is -1.39. The molecule has 4 nitrogen and oxygen atoms in total.